The van der Waals surface area contributed by atoms with E-state index in [1.54, 1.807) is 6.92 Å². The van der Waals surface area contributed by atoms with Crippen LogP contribution in [0.4, 0.5) is 13.2 Å². The lowest BCUT2D eigenvalue weighted by Crippen LogP contribution is -2.42. The molecule has 0 aliphatic carbocycles. The number of ether oxygens (including phenoxy) is 1. The predicted molar refractivity (Wildman–Crippen MR) is 117 cm³/mol. The van der Waals surface area contributed by atoms with Gasteiger partial charge < -0.3 is 10.1 Å². The maximum absolute atomic E-state index is 13.0. The second-order valence-electron chi connectivity index (χ2n) is 6.83. The minimum Gasteiger partial charge on any atom is -0.379 e. The maximum Gasteiger partial charge on any atom is 0.416 e. The van der Waals surface area contributed by atoms with Crippen molar-refractivity contribution in [3.63, 3.8) is 0 Å². The first kappa shape index (κ1) is 23.5. The van der Waals surface area contributed by atoms with Crippen LogP contribution in [-0.2, 0) is 10.9 Å². The normalized spacial score (nSPS) is 15.4. The minimum absolute atomic E-state index is 0.147. The third-order valence-corrected chi connectivity index (χ3v) is 5.24. The topological polar surface area (TPSA) is 66.7 Å². The number of nitrogens with one attached hydrogen (secondary N) is 2. The van der Waals surface area contributed by atoms with Gasteiger partial charge in [0.1, 0.15) is 5.15 Å². The van der Waals surface area contributed by atoms with Gasteiger partial charge in [-0.25, -0.2) is 4.68 Å². The van der Waals surface area contributed by atoms with E-state index < -0.39 is 11.7 Å². The molecule has 1 fully saturated rings. The van der Waals surface area contributed by atoms with E-state index in [-0.39, 0.29) is 10.8 Å². The average Bonchev–Trinajstić information content (AvgIpc) is 3.02. The molecule has 0 unspecified atom stereocenters. The first-order valence-electron chi connectivity index (χ1n) is 9.55. The molecule has 12 heteroatoms. The van der Waals surface area contributed by atoms with E-state index in [2.05, 4.69) is 25.8 Å². The Morgan fingerprint density at radius 2 is 2.10 bits per heavy atom. The lowest BCUT2D eigenvalue weighted by Gasteiger charge is -2.26. The standard InChI is InChI=1S/C19H22ClF3N6OS/c1-13-16(12-25-26-18(31)24-5-6-28-7-9-30-10-8-28)17(20)29(27-13)15-4-2-3-14(11-15)19(21,22)23/h2-4,11-12H,5-10H2,1H3,(H2,24,26,31)/b25-12+. The molecule has 0 spiro atoms. The molecule has 2 N–H and O–H groups in total. The van der Waals surface area contributed by atoms with Gasteiger partial charge in [0, 0.05) is 26.2 Å². The molecule has 3 rings (SSSR count). The molecule has 2 heterocycles. The number of alkyl halides is 3. The van der Waals surface area contributed by atoms with Gasteiger partial charge in [0.25, 0.3) is 0 Å². The number of thiocarbonyl (C=S) groups is 1. The number of halogens is 4. The first-order chi connectivity index (χ1) is 14.8. The Hall–Kier alpha value is -2.21. The van der Waals surface area contributed by atoms with Crippen LogP contribution in [-0.4, -0.2) is 65.4 Å². The smallest absolute Gasteiger partial charge is 0.379 e. The summed E-state index contributed by atoms with van der Waals surface area (Å²) < 4.78 is 45.5. The summed E-state index contributed by atoms with van der Waals surface area (Å²) in [7, 11) is 0. The molecule has 0 amide bonds. The molecule has 2 aromatic rings. The van der Waals surface area contributed by atoms with Gasteiger partial charge in [-0.15, -0.1) is 0 Å². The molecule has 0 atom stereocenters. The number of benzene rings is 1. The van der Waals surface area contributed by atoms with E-state index >= 15 is 0 Å². The molecule has 1 aromatic carbocycles. The molecule has 0 saturated carbocycles. The second kappa shape index (κ2) is 10.4. The second-order valence-corrected chi connectivity index (χ2v) is 7.60. The van der Waals surface area contributed by atoms with Crippen molar-refractivity contribution in [2.24, 2.45) is 5.10 Å². The largest absolute Gasteiger partial charge is 0.416 e. The van der Waals surface area contributed by atoms with Crippen molar-refractivity contribution < 1.29 is 17.9 Å². The van der Waals surface area contributed by atoms with E-state index in [4.69, 9.17) is 28.6 Å². The zero-order valence-electron chi connectivity index (χ0n) is 16.7. The summed E-state index contributed by atoms with van der Waals surface area (Å²) in [6, 6.07) is 4.79. The molecule has 1 aromatic heterocycles. The van der Waals surface area contributed by atoms with Crippen molar-refractivity contribution in [3.8, 4) is 5.69 Å². The van der Waals surface area contributed by atoms with Crippen molar-refractivity contribution in [2.45, 2.75) is 13.1 Å². The number of aromatic nitrogens is 2. The van der Waals surface area contributed by atoms with E-state index in [0.29, 0.717) is 22.9 Å². The third kappa shape index (κ3) is 6.39. The number of hydrazone groups is 1. The van der Waals surface area contributed by atoms with Crippen LogP contribution in [0, 0.1) is 6.92 Å². The summed E-state index contributed by atoms with van der Waals surface area (Å²) in [5.41, 5.74) is 3.12. The fraction of sp³-hybridized carbons (Fsp3) is 0.421. The Kier molecular flexibility index (Phi) is 7.87. The van der Waals surface area contributed by atoms with Crippen molar-refractivity contribution in [2.75, 3.05) is 39.4 Å². The summed E-state index contributed by atoms with van der Waals surface area (Å²) in [6.45, 7) is 6.46. The van der Waals surface area contributed by atoms with Crippen molar-refractivity contribution in [3.05, 3.63) is 46.2 Å². The molecule has 1 saturated heterocycles. The van der Waals surface area contributed by atoms with Gasteiger partial charge in [0.2, 0.25) is 0 Å². The minimum atomic E-state index is -4.45. The number of hydrogen-bond donors (Lipinski definition) is 2. The van der Waals surface area contributed by atoms with Crippen LogP contribution in [0.1, 0.15) is 16.8 Å². The van der Waals surface area contributed by atoms with Crippen LogP contribution in [0.25, 0.3) is 5.69 Å². The highest BCUT2D eigenvalue weighted by atomic mass is 35.5. The zero-order valence-corrected chi connectivity index (χ0v) is 18.3. The van der Waals surface area contributed by atoms with Crippen molar-refractivity contribution in [1.82, 2.24) is 25.4 Å². The lowest BCUT2D eigenvalue weighted by molar-refractivity contribution is -0.137. The number of rotatable bonds is 6. The number of aryl methyl sites for hydroxylation is 1. The molecular weight excluding hydrogens is 453 g/mol. The summed E-state index contributed by atoms with van der Waals surface area (Å²) >= 11 is 11.5. The summed E-state index contributed by atoms with van der Waals surface area (Å²) in [5.74, 6) is 0. The molecular formula is C19H22ClF3N6OS. The van der Waals surface area contributed by atoms with Crippen LogP contribution < -0.4 is 10.7 Å². The van der Waals surface area contributed by atoms with Gasteiger partial charge in [-0.1, -0.05) is 17.7 Å². The monoisotopic (exact) mass is 474 g/mol. The highest BCUT2D eigenvalue weighted by molar-refractivity contribution is 7.80. The Labute approximate surface area is 188 Å². The number of morpholine rings is 1. The predicted octanol–water partition coefficient (Wildman–Crippen LogP) is 2.98. The van der Waals surface area contributed by atoms with Crippen LogP contribution in [0.2, 0.25) is 5.15 Å². The van der Waals surface area contributed by atoms with Crippen LogP contribution in [0.3, 0.4) is 0 Å². The summed E-state index contributed by atoms with van der Waals surface area (Å²) in [5, 5.41) is 11.9. The molecule has 7 nitrogen and oxygen atoms in total. The fourth-order valence-electron chi connectivity index (χ4n) is 2.99. The third-order valence-electron chi connectivity index (χ3n) is 4.64. The lowest BCUT2D eigenvalue weighted by atomic mass is 10.2. The van der Waals surface area contributed by atoms with E-state index in [1.807, 2.05) is 0 Å². The highest BCUT2D eigenvalue weighted by Crippen LogP contribution is 2.31. The Balaban J connectivity index is 1.59. The van der Waals surface area contributed by atoms with E-state index in [0.717, 1.165) is 45.0 Å². The fourth-order valence-corrected chi connectivity index (χ4v) is 3.47. The van der Waals surface area contributed by atoms with Crippen molar-refractivity contribution in [1.29, 1.82) is 0 Å². The summed E-state index contributed by atoms with van der Waals surface area (Å²) in [4.78, 5) is 2.27. The molecule has 31 heavy (non-hydrogen) atoms. The summed E-state index contributed by atoms with van der Waals surface area (Å²) in [6.07, 6.45) is -3.02. The van der Waals surface area contributed by atoms with Crippen molar-refractivity contribution >= 4 is 35.1 Å². The van der Waals surface area contributed by atoms with Gasteiger partial charge in [-0.2, -0.15) is 23.4 Å². The molecule has 1 aliphatic heterocycles. The number of nitrogens with zero attached hydrogens (tertiary/aromatic N) is 4. The van der Waals surface area contributed by atoms with Gasteiger partial charge in [0.15, 0.2) is 5.11 Å². The maximum atomic E-state index is 13.0. The Bertz CT molecular complexity index is 943. The Morgan fingerprint density at radius 1 is 1.35 bits per heavy atom. The van der Waals surface area contributed by atoms with Gasteiger partial charge in [-0.3, -0.25) is 10.3 Å². The number of hydrogen-bond acceptors (Lipinski definition) is 5. The van der Waals surface area contributed by atoms with Crippen LogP contribution in [0.5, 0.6) is 0 Å². The molecule has 0 bridgehead atoms. The molecule has 0 radical (unpaired) electrons. The van der Waals surface area contributed by atoms with E-state index in [9.17, 15) is 13.2 Å². The average molecular weight is 475 g/mol. The molecule has 168 valence electrons. The zero-order chi connectivity index (χ0) is 22.4. The van der Waals surface area contributed by atoms with Gasteiger partial charge in [0.05, 0.1) is 41.9 Å². The van der Waals surface area contributed by atoms with Crippen LogP contribution in [0.15, 0.2) is 29.4 Å². The van der Waals surface area contributed by atoms with Gasteiger partial charge >= 0.3 is 6.18 Å². The van der Waals surface area contributed by atoms with E-state index in [1.165, 1.54) is 23.0 Å². The molecule has 1 aliphatic rings. The SMILES string of the molecule is Cc1nn(-c2cccc(C(F)(F)F)c2)c(Cl)c1/C=N/NC(=S)NCCN1CCOCC1. The highest BCUT2D eigenvalue weighted by Gasteiger charge is 2.30. The Morgan fingerprint density at radius 3 is 2.81 bits per heavy atom. The van der Waals surface area contributed by atoms with Crippen LogP contribution >= 0.6 is 23.8 Å². The van der Waals surface area contributed by atoms with Gasteiger partial charge in [-0.05, 0) is 37.3 Å². The quantitative estimate of drug-likeness (QED) is 0.381. The first-order valence-corrected chi connectivity index (χ1v) is 10.3.